The van der Waals surface area contributed by atoms with Crippen LogP contribution in [0.5, 0.6) is 5.75 Å². The zero-order valence-electron chi connectivity index (χ0n) is 9.28. The van der Waals surface area contributed by atoms with Gasteiger partial charge in [-0.15, -0.1) is 0 Å². The second-order valence-electron chi connectivity index (χ2n) is 3.93. The largest absolute Gasteiger partial charge is 0.488 e. The third-order valence-corrected chi connectivity index (χ3v) is 3.44. The monoisotopic (exact) mass is 344 g/mol. The number of rotatable bonds is 3. The summed E-state index contributed by atoms with van der Waals surface area (Å²) >= 11 is 2.12. The van der Waals surface area contributed by atoms with Gasteiger partial charge in [0.05, 0.1) is 27.0 Å². The Morgan fingerprint density at radius 1 is 1.59 bits per heavy atom. The quantitative estimate of drug-likeness (QED) is 0.675. The second-order valence-corrected chi connectivity index (χ2v) is 5.10. The van der Waals surface area contributed by atoms with Crippen molar-refractivity contribution in [2.75, 3.05) is 18.9 Å². The van der Waals surface area contributed by atoms with E-state index in [1.165, 1.54) is 0 Å². The molecule has 0 bridgehead atoms. The SMILES string of the molecule is N#Cc1cc(N)c(OCC2CCCO2)c(I)c1. The Bertz CT molecular complexity index is 427. The molecule has 2 N–H and O–H groups in total. The maximum Gasteiger partial charge on any atom is 0.155 e. The van der Waals surface area contributed by atoms with E-state index < -0.39 is 0 Å². The maximum absolute atomic E-state index is 8.81. The molecular formula is C12H13IN2O2. The van der Waals surface area contributed by atoms with Crippen molar-refractivity contribution in [1.82, 2.24) is 0 Å². The first kappa shape index (κ1) is 12.5. The van der Waals surface area contributed by atoms with E-state index in [4.69, 9.17) is 20.5 Å². The van der Waals surface area contributed by atoms with Crippen LogP contribution in [0.25, 0.3) is 0 Å². The van der Waals surface area contributed by atoms with Crippen LogP contribution in [-0.2, 0) is 4.74 Å². The van der Waals surface area contributed by atoms with Crippen LogP contribution in [0.3, 0.4) is 0 Å². The number of nitriles is 1. The number of nitrogen functional groups attached to an aromatic ring is 1. The number of nitrogens with zero attached hydrogens (tertiary/aromatic N) is 1. The Balaban J connectivity index is 2.07. The summed E-state index contributed by atoms with van der Waals surface area (Å²) < 4.78 is 12.0. The highest BCUT2D eigenvalue weighted by atomic mass is 127. The molecule has 1 aliphatic rings. The summed E-state index contributed by atoms with van der Waals surface area (Å²) in [6, 6.07) is 5.47. The first-order valence-corrected chi connectivity index (χ1v) is 6.52. The van der Waals surface area contributed by atoms with Crippen molar-refractivity contribution in [3.05, 3.63) is 21.3 Å². The fourth-order valence-corrected chi connectivity index (χ4v) is 2.59. The van der Waals surface area contributed by atoms with Crippen molar-refractivity contribution in [3.8, 4) is 11.8 Å². The van der Waals surface area contributed by atoms with Gasteiger partial charge >= 0.3 is 0 Å². The molecule has 4 nitrogen and oxygen atoms in total. The van der Waals surface area contributed by atoms with Crippen molar-refractivity contribution < 1.29 is 9.47 Å². The van der Waals surface area contributed by atoms with Gasteiger partial charge in [-0.2, -0.15) is 5.26 Å². The Hall–Kier alpha value is -1.00. The van der Waals surface area contributed by atoms with Gasteiger partial charge in [-0.3, -0.25) is 0 Å². The highest BCUT2D eigenvalue weighted by molar-refractivity contribution is 14.1. The zero-order valence-corrected chi connectivity index (χ0v) is 11.4. The van der Waals surface area contributed by atoms with Gasteiger partial charge in [-0.1, -0.05) is 0 Å². The van der Waals surface area contributed by atoms with E-state index in [1.54, 1.807) is 12.1 Å². The molecule has 1 unspecified atom stereocenters. The number of nitrogens with two attached hydrogens (primary N) is 1. The van der Waals surface area contributed by atoms with Crippen molar-refractivity contribution in [3.63, 3.8) is 0 Å². The number of benzene rings is 1. The fourth-order valence-electron chi connectivity index (χ4n) is 1.78. The normalized spacial score (nSPS) is 18.9. The number of hydrogen-bond donors (Lipinski definition) is 1. The third-order valence-electron chi connectivity index (χ3n) is 2.64. The van der Waals surface area contributed by atoms with Crippen molar-refractivity contribution in [2.45, 2.75) is 18.9 Å². The highest BCUT2D eigenvalue weighted by Crippen LogP contribution is 2.30. The van der Waals surface area contributed by atoms with E-state index in [2.05, 4.69) is 28.7 Å². The second kappa shape index (κ2) is 5.56. The average molecular weight is 344 g/mol. The van der Waals surface area contributed by atoms with Gasteiger partial charge in [-0.25, -0.2) is 0 Å². The van der Waals surface area contributed by atoms with Crippen LogP contribution in [0, 0.1) is 14.9 Å². The molecule has 90 valence electrons. The molecule has 0 radical (unpaired) electrons. The molecule has 1 aliphatic heterocycles. The maximum atomic E-state index is 8.81. The van der Waals surface area contributed by atoms with Gasteiger partial charge in [0, 0.05) is 6.61 Å². The van der Waals surface area contributed by atoms with Crippen molar-refractivity contribution in [1.29, 1.82) is 5.26 Å². The first-order valence-electron chi connectivity index (χ1n) is 5.44. The van der Waals surface area contributed by atoms with Crippen LogP contribution in [0.1, 0.15) is 18.4 Å². The zero-order chi connectivity index (χ0) is 12.3. The highest BCUT2D eigenvalue weighted by Gasteiger charge is 2.17. The van der Waals surface area contributed by atoms with Gasteiger partial charge in [0.2, 0.25) is 0 Å². The fraction of sp³-hybridized carbons (Fsp3) is 0.417. The molecule has 5 heteroatoms. The molecule has 0 amide bonds. The molecule has 0 saturated carbocycles. The van der Waals surface area contributed by atoms with Crippen LogP contribution in [-0.4, -0.2) is 19.3 Å². The summed E-state index contributed by atoms with van der Waals surface area (Å²) in [5.41, 5.74) is 6.92. The lowest BCUT2D eigenvalue weighted by Gasteiger charge is -2.14. The molecular weight excluding hydrogens is 331 g/mol. The van der Waals surface area contributed by atoms with E-state index in [-0.39, 0.29) is 6.10 Å². The minimum Gasteiger partial charge on any atom is -0.488 e. The summed E-state index contributed by atoms with van der Waals surface area (Å²) in [6.45, 7) is 1.33. The Kier molecular flexibility index (Phi) is 4.07. The topological polar surface area (TPSA) is 68.3 Å². The van der Waals surface area contributed by atoms with Gasteiger partial charge in [-0.05, 0) is 47.6 Å². The average Bonchev–Trinajstić information content (AvgIpc) is 2.80. The molecule has 1 fully saturated rings. The molecule has 0 aromatic heterocycles. The standard InChI is InChI=1S/C12H13IN2O2/c13-10-4-8(6-14)5-11(15)12(10)17-7-9-2-1-3-16-9/h4-5,9H,1-3,7,15H2. The summed E-state index contributed by atoms with van der Waals surface area (Å²) in [7, 11) is 0. The van der Waals surface area contributed by atoms with Gasteiger partial charge in [0.15, 0.2) is 5.75 Å². The molecule has 0 aliphatic carbocycles. The van der Waals surface area contributed by atoms with Crippen LogP contribution >= 0.6 is 22.6 Å². The van der Waals surface area contributed by atoms with Crippen molar-refractivity contribution >= 4 is 28.3 Å². The smallest absolute Gasteiger partial charge is 0.155 e. The molecule has 0 spiro atoms. The molecule has 1 saturated heterocycles. The Morgan fingerprint density at radius 2 is 2.41 bits per heavy atom. The van der Waals surface area contributed by atoms with Crippen LogP contribution < -0.4 is 10.5 Å². The van der Waals surface area contributed by atoms with E-state index >= 15 is 0 Å². The van der Waals surface area contributed by atoms with Gasteiger partial charge in [0.1, 0.15) is 6.61 Å². The van der Waals surface area contributed by atoms with Crippen molar-refractivity contribution in [2.24, 2.45) is 0 Å². The molecule has 2 rings (SSSR count). The predicted octanol–water partition coefficient (Wildman–Crippen LogP) is 2.30. The lowest BCUT2D eigenvalue weighted by molar-refractivity contribution is 0.0679. The van der Waals surface area contributed by atoms with E-state index in [0.29, 0.717) is 23.6 Å². The van der Waals surface area contributed by atoms with E-state index in [1.807, 2.05) is 0 Å². The molecule has 1 atom stereocenters. The molecule has 1 aromatic rings. The van der Waals surface area contributed by atoms with E-state index in [9.17, 15) is 0 Å². The molecule has 17 heavy (non-hydrogen) atoms. The third kappa shape index (κ3) is 3.01. The molecule has 1 aromatic carbocycles. The number of halogens is 1. The molecule has 1 heterocycles. The number of ether oxygens (including phenoxy) is 2. The van der Waals surface area contributed by atoms with Gasteiger partial charge in [0.25, 0.3) is 0 Å². The summed E-state index contributed by atoms with van der Waals surface area (Å²) in [5, 5.41) is 8.81. The summed E-state index contributed by atoms with van der Waals surface area (Å²) in [4.78, 5) is 0. The number of anilines is 1. The lowest BCUT2D eigenvalue weighted by atomic mass is 10.2. The Labute approximate surface area is 114 Å². The predicted molar refractivity (Wildman–Crippen MR) is 72.8 cm³/mol. The van der Waals surface area contributed by atoms with E-state index in [0.717, 1.165) is 23.0 Å². The van der Waals surface area contributed by atoms with Crippen LogP contribution in [0.15, 0.2) is 12.1 Å². The number of hydrogen-bond acceptors (Lipinski definition) is 4. The summed E-state index contributed by atoms with van der Waals surface area (Å²) in [6.07, 6.45) is 2.29. The van der Waals surface area contributed by atoms with Crippen LogP contribution in [0.2, 0.25) is 0 Å². The lowest BCUT2D eigenvalue weighted by Crippen LogP contribution is -2.17. The minimum absolute atomic E-state index is 0.167. The Morgan fingerprint density at radius 3 is 3.00 bits per heavy atom. The van der Waals surface area contributed by atoms with Crippen LogP contribution in [0.4, 0.5) is 5.69 Å². The summed E-state index contributed by atoms with van der Waals surface area (Å²) in [5.74, 6) is 0.653. The van der Waals surface area contributed by atoms with Gasteiger partial charge < -0.3 is 15.2 Å². The first-order chi connectivity index (χ1) is 8.20. The minimum atomic E-state index is 0.167.